The average Bonchev–Trinajstić information content (AvgIpc) is 2.44. The molecule has 6 nitrogen and oxygen atoms in total. The minimum atomic E-state index is -5.21. The van der Waals surface area contributed by atoms with Gasteiger partial charge in [0.2, 0.25) is 10.0 Å². The van der Waals surface area contributed by atoms with E-state index >= 15 is 0 Å². The number of benzene rings is 1. The zero-order valence-corrected chi connectivity index (χ0v) is 13.8. The van der Waals surface area contributed by atoms with Gasteiger partial charge in [-0.25, -0.2) is 12.8 Å². The minimum Gasteiger partial charge on any atom is -0.481 e. The Kier molecular flexibility index (Phi) is 5.28. The Morgan fingerprint density at radius 2 is 2.00 bits per heavy atom. The molecule has 1 aliphatic rings. The van der Waals surface area contributed by atoms with Crippen LogP contribution in [0.5, 0.6) is 5.75 Å². The molecule has 0 unspecified atom stereocenters. The average molecular weight is 385 g/mol. The van der Waals surface area contributed by atoms with Crippen molar-refractivity contribution in [1.82, 2.24) is 4.31 Å². The van der Waals surface area contributed by atoms with Gasteiger partial charge in [0.15, 0.2) is 10.6 Å². The molecule has 0 bridgehead atoms. The van der Waals surface area contributed by atoms with Crippen molar-refractivity contribution in [3.63, 3.8) is 0 Å². The summed E-state index contributed by atoms with van der Waals surface area (Å²) in [5, 5.41) is 9.16. The fraction of sp³-hybridized carbons (Fsp3) is 0.500. The van der Waals surface area contributed by atoms with E-state index in [2.05, 4.69) is 4.74 Å². The highest BCUT2D eigenvalue weighted by atomic mass is 32.2. The maximum atomic E-state index is 14.1. The number of hydrogen-bond acceptors (Lipinski definition) is 4. The van der Waals surface area contributed by atoms with Gasteiger partial charge in [0.1, 0.15) is 5.82 Å². The summed E-state index contributed by atoms with van der Waals surface area (Å²) in [4.78, 5) is 9.97. The quantitative estimate of drug-likeness (QED) is 0.806. The number of hydrogen-bond donors (Lipinski definition) is 1. The minimum absolute atomic E-state index is 0.132. The summed E-state index contributed by atoms with van der Waals surface area (Å²) in [6, 6.07) is 1.22. The third kappa shape index (κ3) is 4.03. The molecule has 11 heteroatoms. The summed E-state index contributed by atoms with van der Waals surface area (Å²) in [6.45, 7) is 1.19. The van der Waals surface area contributed by atoms with Crippen molar-refractivity contribution in [3.8, 4) is 5.75 Å². The van der Waals surface area contributed by atoms with Gasteiger partial charge in [-0.3, -0.25) is 4.79 Å². The Bertz CT molecular complexity index is 765. The third-order valence-electron chi connectivity index (χ3n) is 3.97. The van der Waals surface area contributed by atoms with Gasteiger partial charge < -0.3 is 9.84 Å². The highest BCUT2D eigenvalue weighted by molar-refractivity contribution is 7.89. The van der Waals surface area contributed by atoms with Crippen LogP contribution in [0.3, 0.4) is 0 Å². The van der Waals surface area contributed by atoms with Crippen LogP contribution in [0.4, 0.5) is 17.6 Å². The van der Waals surface area contributed by atoms with Gasteiger partial charge in [-0.2, -0.15) is 4.31 Å². The fourth-order valence-electron chi connectivity index (χ4n) is 2.84. The first-order valence-electron chi connectivity index (χ1n) is 7.24. The Balaban J connectivity index is 2.51. The molecule has 2 atom stereocenters. The molecule has 0 radical (unpaired) electrons. The lowest BCUT2D eigenvalue weighted by atomic mass is 9.92. The summed E-state index contributed by atoms with van der Waals surface area (Å²) >= 11 is 0. The number of nitrogens with zero attached hydrogens (tertiary/aromatic N) is 1. The third-order valence-corrected chi connectivity index (χ3v) is 6.02. The zero-order valence-electron chi connectivity index (χ0n) is 13.0. The molecule has 0 amide bonds. The van der Waals surface area contributed by atoms with Crippen molar-refractivity contribution >= 4 is 16.0 Å². The lowest BCUT2D eigenvalue weighted by Crippen LogP contribution is -2.49. The number of aliphatic carboxylic acids is 1. The number of carboxylic acid groups (broad SMARTS) is 1. The summed E-state index contributed by atoms with van der Waals surface area (Å²) in [7, 11) is -4.74. The van der Waals surface area contributed by atoms with Crippen LogP contribution in [0, 0.1) is 11.7 Å². The summed E-state index contributed by atoms with van der Waals surface area (Å²) in [6.07, 6.45) is -4.81. The van der Waals surface area contributed by atoms with Gasteiger partial charge >= 0.3 is 12.3 Å². The van der Waals surface area contributed by atoms with Crippen LogP contribution < -0.4 is 4.74 Å². The Morgan fingerprint density at radius 3 is 2.56 bits per heavy atom. The Labute approximate surface area is 141 Å². The molecule has 25 heavy (non-hydrogen) atoms. The Hall–Kier alpha value is -1.88. The fourth-order valence-corrected chi connectivity index (χ4v) is 4.71. The van der Waals surface area contributed by atoms with E-state index in [0.717, 1.165) is 6.07 Å². The van der Waals surface area contributed by atoms with Crippen molar-refractivity contribution in [2.75, 3.05) is 6.54 Å². The van der Waals surface area contributed by atoms with Crippen molar-refractivity contribution < 1.29 is 40.6 Å². The maximum absolute atomic E-state index is 14.1. The van der Waals surface area contributed by atoms with Gasteiger partial charge in [-0.05, 0) is 31.9 Å². The maximum Gasteiger partial charge on any atom is 0.573 e. The first-order valence-corrected chi connectivity index (χ1v) is 8.68. The zero-order chi connectivity index (χ0) is 19.0. The largest absolute Gasteiger partial charge is 0.573 e. The molecule has 0 spiro atoms. The summed E-state index contributed by atoms with van der Waals surface area (Å²) < 4.78 is 81.4. The predicted molar refractivity (Wildman–Crippen MR) is 76.8 cm³/mol. The van der Waals surface area contributed by atoms with E-state index in [1.807, 2.05) is 0 Å². The second kappa shape index (κ2) is 6.79. The predicted octanol–water partition coefficient (Wildman–Crippen LogP) is 2.60. The van der Waals surface area contributed by atoms with Crippen LogP contribution in [-0.2, 0) is 14.8 Å². The first-order chi connectivity index (χ1) is 11.4. The molecule has 1 N–H and O–H groups in total. The summed E-state index contributed by atoms with van der Waals surface area (Å²) in [5.74, 6) is -4.88. The molecule has 140 valence electrons. The molecular weight excluding hydrogens is 370 g/mol. The molecule has 1 aromatic rings. The number of rotatable bonds is 4. The first kappa shape index (κ1) is 19.4. The molecule has 0 aromatic heterocycles. The van der Waals surface area contributed by atoms with Crippen molar-refractivity contribution in [3.05, 3.63) is 24.0 Å². The van der Waals surface area contributed by atoms with Gasteiger partial charge in [0.05, 0.1) is 5.92 Å². The molecule has 1 aromatic carbocycles. The van der Waals surface area contributed by atoms with Crippen LogP contribution in [0.25, 0.3) is 0 Å². The second-order valence-electron chi connectivity index (χ2n) is 5.56. The summed E-state index contributed by atoms with van der Waals surface area (Å²) in [5.41, 5.74) is 0. The van der Waals surface area contributed by atoms with Crippen LogP contribution >= 0.6 is 0 Å². The molecule has 1 saturated heterocycles. The lowest BCUT2D eigenvalue weighted by molar-refractivity contribution is -0.275. The smallest absolute Gasteiger partial charge is 0.481 e. The molecule has 1 fully saturated rings. The van der Waals surface area contributed by atoms with E-state index in [-0.39, 0.29) is 19.4 Å². The number of alkyl halides is 3. The molecular formula is C14H15F4NO5S. The molecule has 0 saturated carbocycles. The van der Waals surface area contributed by atoms with E-state index in [1.165, 1.54) is 6.92 Å². The van der Waals surface area contributed by atoms with Crippen LogP contribution in [-0.4, -0.2) is 42.7 Å². The molecule has 1 aliphatic heterocycles. The number of halogens is 4. The van der Waals surface area contributed by atoms with Crippen molar-refractivity contribution in [2.45, 2.75) is 37.1 Å². The molecule has 0 aliphatic carbocycles. The number of ether oxygens (including phenoxy) is 1. The van der Waals surface area contributed by atoms with Crippen molar-refractivity contribution in [1.29, 1.82) is 0 Å². The molecule has 1 heterocycles. The van der Waals surface area contributed by atoms with E-state index in [9.17, 15) is 30.8 Å². The van der Waals surface area contributed by atoms with Crippen LogP contribution in [0.2, 0.25) is 0 Å². The Morgan fingerprint density at radius 1 is 1.36 bits per heavy atom. The highest BCUT2D eigenvalue weighted by Crippen LogP contribution is 2.36. The lowest BCUT2D eigenvalue weighted by Gasteiger charge is -2.36. The van der Waals surface area contributed by atoms with Crippen LogP contribution in [0.15, 0.2) is 23.1 Å². The topological polar surface area (TPSA) is 83.9 Å². The SMILES string of the molecule is C[C@@H]1[C@H](C(=O)O)CCCN1S(=O)(=O)c1c(F)cccc1OC(F)(F)F. The van der Waals surface area contributed by atoms with Gasteiger partial charge in [-0.15, -0.1) is 13.2 Å². The van der Waals surface area contributed by atoms with E-state index in [1.54, 1.807) is 0 Å². The van der Waals surface area contributed by atoms with Crippen LogP contribution in [0.1, 0.15) is 19.8 Å². The van der Waals surface area contributed by atoms with Gasteiger partial charge in [0, 0.05) is 12.6 Å². The number of sulfonamides is 1. The normalized spacial score (nSPS) is 22.6. The molecule has 2 rings (SSSR count). The van der Waals surface area contributed by atoms with E-state index in [4.69, 9.17) is 5.11 Å². The van der Waals surface area contributed by atoms with E-state index in [0.29, 0.717) is 16.4 Å². The van der Waals surface area contributed by atoms with Gasteiger partial charge in [0.25, 0.3) is 0 Å². The monoisotopic (exact) mass is 385 g/mol. The van der Waals surface area contributed by atoms with Gasteiger partial charge in [-0.1, -0.05) is 6.07 Å². The standard InChI is InChI=1S/C14H15F4NO5S/c1-8-9(13(20)21)4-3-7-19(8)25(22,23)12-10(15)5-2-6-11(12)24-14(16,17)18/h2,5-6,8-9H,3-4,7H2,1H3,(H,20,21)/t8-,9-/m1/s1. The highest BCUT2D eigenvalue weighted by Gasteiger charge is 2.43. The van der Waals surface area contributed by atoms with Crippen molar-refractivity contribution in [2.24, 2.45) is 5.92 Å². The number of carbonyl (C=O) groups is 1. The van der Waals surface area contributed by atoms with E-state index < -0.39 is 50.8 Å². The second-order valence-corrected chi connectivity index (χ2v) is 7.39. The number of piperidine rings is 1. The number of carboxylic acids is 1.